The largest absolute Gasteiger partial charge is 0.507 e. The first-order valence-electron chi connectivity index (χ1n) is 17.5. The number of ketones is 1. The lowest BCUT2D eigenvalue weighted by Crippen LogP contribution is -2.43. The zero-order valence-corrected chi connectivity index (χ0v) is 30.0. The molecule has 5 rings (SSSR count). The number of carbonyl (C=O) groups is 4. The average molecular weight is 715 g/mol. The van der Waals surface area contributed by atoms with Gasteiger partial charge in [0.15, 0.2) is 11.5 Å². The Kier molecular flexibility index (Phi) is 12.4. The Morgan fingerprint density at radius 3 is 2.38 bits per heavy atom. The minimum atomic E-state index is -1.08. The second kappa shape index (κ2) is 17.1. The lowest BCUT2D eigenvalue weighted by Gasteiger charge is -2.25. The molecule has 276 valence electrons. The van der Waals surface area contributed by atoms with Gasteiger partial charge in [-0.15, -0.1) is 0 Å². The number of esters is 1. The number of rotatable bonds is 8. The van der Waals surface area contributed by atoms with E-state index in [0.29, 0.717) is 62.6 Å². The van der Waals surface area contributed by atoms with Gasteiger partial charge in [0.1, 0.15) is 28.9 Å². The van der Waals surface area contributed by atoms with Gasteiger partial charge < -0.3 is 39.8 Å². The van der Waals surface area contributed by atoms with Gasteiger partial charge in [-0.05, 0) is 86.4 Å². The van der Waals surface area contributed by atoms with E-state index in [4.69, 9.17) is 18.9 Å². The number of phenolic OH excluding ortho intramolecular Hbond substituents is 2. The van der Waals surface area contributed by atoms with Crippen LogP contribution >= 0.6 is 0 Å². The number of fused-ring (bicyclic) bond motifs is 2. The van der Waals surface area contributed by atoms with Crippen molar-refractivity contribution in [2.24, 2.45) is 0 Å². The third-order valence-corrected chi connectivity index (χ3v) is 9.51. The zero-order chi connectivity index (χ0) is 37.4. The van der Waals surface area contributed by atoms with Crippen LogP contribution in [-0.2, 0) is 25.5 Å². The number of benzene rings is 3. The summed E-state index contributed by atoms with van der Waals surface area (Å²) in [5.74, 6) is -2.81. The number of ether oxygens (including phenoxy) is 4. The summed E-state index contributed by atoms with van der Waals surface area (Å²) in [6.07, 6.45) is 6.31. The Bertz CT molecular complexity index is 1830. The summed E-state index contributed by atoms with van der Waals surface area (Å²) in [6, 6.07) is 11.1. The van der Waals surface area contributed by atoms with Crippen LogP contribution in [0, 0.1) is 0 Å². The minimum Gasteiger partial charge on any atom is -0.507 e. The highest BCUT2D eigenvalue weighted by atomic mass is 16.5. The number of aromatic hydroxyl groups is 2. The number of hydrogen-bond donors (Lipinski definition) is 4. The lowest BCUT2D eigenvalue weighted by atomic mass is 9.84. The van der Waals surface area contributed by atoms with Crippen LogP contribution in [0.15, 0.2) is 48.5 Å². The van der Waals surface area contributed by atoms with Gasteiger partial charge in [0.2, 0.25) is 17.6 Å². The van der Waals surface area contributed by atoms with Crippen molar-refractivity contribution in [1.29, 1.82) is 0 Å². The van der Waals surface area contributed by atoms with Crippen molar-refractivity contribution in [3.05, 3.63) is 76.4 Å². The maximum atomic E-state index is 13.9. The summed E-state index contributed by atoms with van der Waals surface area (Å²) in [6.45, 7) is 1.72. The third-order valence-electron chi connectivity index (χ3n) is 9.51. The third kappa shape index (κ3) is 8.67. The van der Waals surface area contributed by atoms with Gasteiger partial charge in [0.25, 0.3) is 0 Å². The highest BCUT2D eigenvalue weighted by molar-refractivity contribution is 5.99. The number of aryl methyl sites for hydroxylation is 1. The fourth-order valence-corrected chi connectivity index (χ4v) is 6.80. The number of hydrogen-bond acceptors (Lipinski definition) is 10. The predicted octanol–water partition coefficient (Wildman–Crippen LogP) is 6.20. The number of cyclic esters (lactones) is 1. The van der Waals surface area contributed by atoms with E-state index in [9.17, 15) is 29.4 Å². The van der Waals surface area contributed by atoms with Gasteiger partial charge in [0.05, 0.1) is 27.4 Å². The Morgan fingerprint density at radius 2 is 1.67 bits per heavy atom. The summed E-state index contributed by atoms with van der Waals surface area (Å²) in [4.78, 5) is 53.1. The number of allylic oxidation sites excluding steroid dienone is 1. The Labute approximate surface area is 303 Å². The maximum Gasteiger partial charge on any atom is 0.342 e. The van der Waals surface area contributed by atoms with Crippen molar-refractivity contribution in [3.63, 3.8) is 0 Å². The van der Waals surface area contributed by atoms with E-state index in [1.807, 2.05) is 24.3 Å². The van der Waals surface area contributed by atoms with Crippen LogP contribution in [0.4, 0.5) is 5.69 Å². The van der Waals surface area contributed by atoms with Crippen molar-refractivity contribution >= 4 is 35.3 Å². The summed E-state index contributed by atoms with van der Waals surface area (Å²) in [7, 11) is 4.32. The first-order valence-corrected chi connectivity index (χ1v) is 17.5. The summed E-state index contributed by atoms with van der Waals surface area (Å²) in [5, 5.41) is 29.3. The molecule has 0 fully saturated rings. The van der Waals surface area contributed by atoms with Crippen LogP contribution in [0.25, 0.3) is 6.08 Å². The number of amides is 2. The van der Waals surface area contributed by atoms with E-state index < -0.39 is 35.7 Å². The molecule has 2 aliphatic heterocycles. The number of methoxy groups -OCH3 is 3. The zero-order valence-electron chi connectivity index (χ0n) is 30.0. The number of carbonyl (C=O) groups excluding carboxylic acids is 4. The summed E-state index contributed by atoms with van der Waals surface area (Å²) in [5.41, 5.74) is 1.94. The lowest BCUT2D eigenvalue weighted by molar-refractivity contribution is -0.126. The molecule has 0 saturated carbocycles. The van der Waals surface area contributed by atoms with Gasteiger partial charge in [-0.3, -0.25) is 14.4 Å². The first-order chi connectivity index (χ1) is 25.0. The molecule has 2 amide bonds. The molecule has 12 heteroatoms. The van der Waals surface area contributed by atoms with Crippen LogP contribution in [0.3, 0.4) is 0 Å². The van der Waals surface area contributed by atoms with Gasteiger partial charge in [-0.1, -0.05) is 30.4 Å². The maximum absolute atomic E-state index is 13.9. The van der Waals surface area contributed by atoms with Crippen molar-refractivity contribution in [3.8, 4) is 28.7 Å². The van der Waals surface area contributed by atoms with Gasteiger partial charge in [0, 0.05) is 36.4 Å². The van der Waals surface area contributed by atoms with Crippen molar-refractivity contribution in [1.82, 2.24) is 5.32 Å². The van der Waals surface area contributed by atoms with Gasteiger partial charge in [-0.2, -0.15) is 0 Å². The molecule has 0 spiro atoms. The first kappa shape index (κ1) is 37.7. The standard InChI is InChI=1S/C40H46N2O10/c1-23-11-10-15-27(43)14-7-5-6-13-25-19-31(44)36(37(46)35(25)40(48)52-23)28(26-20-32(49-2)38(51-4)33(21-26)50-3)22-34(45)41-30-18-17-24-12-8-9-16-29(24)42-39(30)47/h6,8-9,12-13,16,19-21,23,28,30,44,46H,5,7,10-11,14-15,17-18,22H2,1-4H3,(H,41,45)(H,42,47)/t23-,28?,30?/m0/s1. The van der Waals surface area contributed by atoms with Gasteiger partial charge in [-0.25, -0.2) is 4.79 Å². The summed E-state index contributed by atoms with van der Waals surface area (Å²) >= 11 is 0. The second-order valence-electron chi connectivity index (χ2n) is 13.1. The molecule has 0 aliphatic carbocycles. The highest BCUT2D eigenvalue weighted by Gasteiger charge is 2.33. The fraction of sp³-hybridized carbons (Fsp3) is 0.400. The number of Topliss-reactive ketones (excluding diaryl/α,β-unsaturated/α-hetero) is 1. The Balaban J connectivity index is 1.58. The van der Waals surface area contributed by atoms with Crippen LogP contribution in [0.2, 0.25) is 0 Å². The van der Waals surface area contributed by atoms with Crippen molar-refractivity contribution in [2.45, 2.75) is 82.8 Å². The van der Waals surface area contributed by atoms with Crippen LogP contribution in [0.5, 0.6) is 28.7 Å². The smallest absolute Gasteiger partial charge is 0.342 e. The highest BCUT2D eigenvalue weighted by Crippen LogP contribution is 2.48. The quantitative estimate of drug-likeness (QED) is 0.197. The molecule has 0 radical (unpaired) electrons. The molecule has 0 bridgehead atoms. The predicted molar refractivity (Wildman–Crippen MR) is 194 cm³/mol. The van der Waals surface area contributed by atoms with Crippen LogP contribution in [0.1, 0.15) is 96.8 Å². The van der Waals surface area contributed by atoms with Crippen LogP contribution in [-0.4, -0.2) is 67.3 Å². The Morgan fingerprint density at radius 1 is 0.962 bits per heavy atom. The molecule has 3 aromatic carbocycles. The molecule has 2 unspecified atom stereocenters. The molecule has 4 N–H and O–H groups in total. The van der Waals surface area contributed by atoms with E-state index in [1.54, 1.807) is 31.2 Å². The van der Waals surface area contributed by atoms with E-state index >= 15 is 0 Å². The van der Waals surface area contributed by atoms with E-state index in [2.05, 4.69) is 10.6 Å². The normalized spacial score (nSPS) is 18.7. The van der Waals surface area contributed by atoms with E-state index in [-0.39, 0.29) is 57.8 Å². The molecule has 2 heterocycles. The summed E-state index contributed by atoms with van der Waals surface area (Å²) < 4.78 is 22.4. The molecular formula is C40H46N2O10. The molecule has 0 aromatic heterocycles. The van der Waals surface area contributed by atoms with Crippen molar-refractivity contribution < 1.29 is 48.3 Å². The van der Waals surface area contributed by atoms with Gasteiger partial charge >= 0.3 is 5.97 Å². The number of phenols is 2. The average Bonchev–Trinajstić information content (AvgIpc) is 3.27. The molecule has 3 aromatic rings. The van der Waals surface area contributed by atoms with Crippen molar-refractivity contribution in [2.75, 3.05) is 26.6 Å². The van der Waals surface area contributed by atoms with E-state index in [0.717, 1.165) is 5.56 Å². The SMILES string of the molecule is COc1cc(C(CC(=O)NC2CCc3ccccc3NC2=O)c2c(O)cc3c(c2O)C(=O)O[C@@H](C)CCCC(=O)CCCC=C3)cc(OC)c1OC. The molecule has 12 nitrogen and oxygen atoms in total. The topological polar surface area (TPSA) is 170 Å². The molecular weight excluding hydrogens is 668 g/mol. The number of nitrogens with one attached hydrogen (secondary N) is 2. The monoisotopic (exact) mass is 714 g/mol. The minimum absolute atomic E-state index is 0.106. The Hall–Kier alpha value is -5.52. The molecule has 0 saturated heterocycles. The molecule has 2 aliphatic rings. The van der Waals surface area contributed by atoms with Crippen LogP contribution < -0.4 is 24.8 Å². The molecule has 52 heavy (non-hydrogen) atoms. The second-order valence-corrected chi connectivity index (χ2v) is 13.1. The molecule has 3 atom stereocenters. The fourth-order valence-electron chi connectivity index (χ4n) is 6.80. The van der Waals surface area contributed by atoms with E-state index in [1.165, 1.54) is 27.4 Å². The number of anilines is 1. The number of para-hydroxylation sites is 1.